The van der Waals surface area contributed by atoms with Gasteiger partial charge in [0.1, 0.15) is 0 Å². The third-order valence-electron chi connectivity index (χ3n) is 5.05. The monoisotopic (exact) mass is 391 g/mol. The van der Waals surface area contributed by atoms with Crippen LogP contribution in [0.1, 0.15) is 23.1 Å². The zero-order valence-corrected chi connectivity index (χ0v) is 15.6. The van der Waals surface area contributed by atoms with Gasteiger partial charge in [0.05, 0.1) is 5.56 Å². The maximum atomic E-state index is 12.8. The molecule has 0 bridgehead atoms. The number of halogens is 3. The molecule has 1 aliphatic rings. The summed E-state index contributed by atoms with van der Waals surface area (Å²) in [6.07, 6.45) is -3.32. The minimum atomic E-state index is -4.33. The summed E-state index contributed by atoms with van der Waals surface area (Å²) in [6.45, 7) is 2.92. The summed E-state index contributed by atoms with van der Waals surface area (Å²) < 4.78 is 38.5. The van der Waals surface area contributed by atoms with Crippen LogP contribution in [-0.4, -0.2) is 41.9 Å². The van der Waals surface area contributed by atoms with Crippen LogP contribution in [0.15, 0.2) is 48.5 Å². The molecule has 2 aromatic rings. The first-order valence-electron chi connectivity index (χ1n) is 9.32. The number of rotatable bonds is 5. The molecule has 7 heteroatoms. The van der Waals surface area contributed by atoms with Gasteiger partial charge in [-0.2, -0.15) is 13.2 Å². The highest BCUT2D eigenvalue weighted by Crippen LogP contribution is 2.29. The van der Waals surface area contributed by atoms with Crippen LogP contribution in [0.2, 0.25) is 0 Å². The molecule has 0 unspecified atom stereocenters. The van der Waals surface area contributed by atoms with Crippen LogP contribution < -0.4 is 5.73 Å². The number of amides is 1. The number of piperazine rings is 1. The molecule has 4 nitrogen and oxygen atoms in total. The second-order valence-electron chi connectivity index (χ2n) is 7.05. The van der Waals surface area contributed by atoms with E-state index < -0.39 is 11.7 Å². The molecule has 0 aromatic heterocycles. The van der Waals surface area contributed by atoms with Crippen LogP contribution in [0, 0.1) is 0 Å². The fourth-order valence-electron chi connectivity index (χ4n) is 3.42. The summed E-state index contributed by atoms with van der Waals surface area (Å²) in [5.41, 5.74) is 7.59. The van der Waals surface area contributed by atoms with Crippen molar-refractivity contribution in [3.05, 3.63) is 65.2 Å². The van der Waals surface area contributed by atoms with Crippen molar-refractivity contribution in [1.29, 1.82) is 0 Å². The number of carbonyl (C=O) groups is 1. The van der Waals surface area contributed by atoms with Crippen molar-refractivity contribution in [1.82, 2.24) is 9.80 Å². The van der Waals surface area contributed by atoms with Crippen LogP contribution in [0.5, 0.6) is 0 Å². The second-order valence-corrected chi connectivity index (χ2v) is 7.05. The van der Waals surface area contributed by atoms with E-state index in [2.05, 4.69) is 4.90 Å². The van der Waals surface area contributed by atoms with Crippen molar-refractivity contribution >= 4 is 11.6 Å². The lowest BCUT2D eigenvalue weighted by Gasteiger charge is -2.35. The molecule has 1 heterocycles. The fourth-order valence-corrected chi connectivity index (χ4v) is 3.42. The van der Waals surface area contributed by atoms with Crippen LogP contribution >= 0.6 is 0 Å². The number of alkyl halides is 3. The molecule has 2 aromatic carbocycles. The van der Waals surface area contributed by atoms with Gasteiger partial charge in [-0.15, -0.1) is 0 Å². The molecule has 150 valence electrons. The van der Waals surface area contributed by atoms with Crippen LogP contribution in [0.4, 0.5) is 18.9 Å². The third kappa shape index (κ3) is 5.25. The molecule has 1 fully saturated rings. The number of carbonyl (C=O) groups excluding carboxylic acids is 1. The summed E-state index contributed by atoms with van der Waals surface area (Å²) >= 11 is 0. The molecular weight excluding hydrogens is 367 g/mol. The Kier molecular flexibility index (Phi) is 6.24. The number of benzene rings is 2. The Labute approximate surface area is 162 Å². The molecule has 0 atom stereocenters. The van der Waals surface area contributed by atoms with Gasteiger partial charge in [0.25, 0.3) is 0 Å². The highest BCUT2D eigenvalue weighted by molar-refractivity contribution is 5.76. The number of nitrogens with zero attached hydrogens (tertiary/aromatic N) is 2. The van der Waals surface area contributed by atoms with Gasteiger partial charge in [0, 0.05) is 44.8 Å². The number of aryl methyl sites for hydroxylation is 1. The molecule has 2 N–H and O–H groups in total. The summed E-state index contributed by atoms with van der Waals surface area (Å²) in [4.78, 5) is 16.3. The van der Waals surface area contributed by atoms with Crippen molar-refractivity contribution in [2.75, 3.05) is 31.9 Å². The summed E-state index contributed by atoms with van der Waals surface area (Å²) in [5.74, 6) is 0.0852. The number of nitrogen functional groups attached to an aromatic ring is 1. The summed E-state index contributed by atoms with van der Waals surface area (Å²) in [5, 5.41) is 0. The Hall–Kier alpha value is -2.54. The van der Waals surface area contributed by atoms with Crippen molar-refractivity contribution in [2.45, 2.75) is 25.6 Å². The molecule has 0 saturated carbocycles. The summed E-state index contributed by atoms with van der Waals surface area (Å²) in [7, 11) is 0. The van der Waals surface area contributed by atoms with Crippen molar-refractivity contribution in [3.8, 4) is 0 Å². The topological polar surface area (TPSA) is 49.6 Å². The smallest absolute Gasteiger partial charge is 0.399 e. The Bertz CT molecular complexity index is 815. The highest BCUT2D eigenvalue weighted by Gasteiger charge is 2.30. The lowest BCUT2D eigenvalue weighted by Crippen LogP contribution is -2.48. The molecule has 28 heavy (non-hydrogen) atoms. The van der Waals surface area contributed by atoms with Crippen LogP contribution in [0.3, 0.4) is 0 Å². The number of anilines is 1. The highest BCUT2D eigenvalue weighted by atomic mass is 19.4. The van der Waals surface area contributed by atoms with E-state index in [0.717, 1.165) is 11.6 Å². The van der Waals surface area contributed by atoms with E-state index in [4.69, 9.17) is 5.73 Å². The number of nitrogens with two attached hydrogens (primary N) is 1. The first-order chi connectivity index (χ1) is 13.3. The van der Waals surface area contributed by atoms with E-state index >= 15 is 0 Å². The molecule has 1 saturated heterocycles. The summed E-state index contributed by atoms with van der Waals surface area (Å²) in [6, 6.07) is 12.9. The maximum Gasteiger partial charge on any atom is 0.416 e. The van der Waals surface area contributed by atoms with Crippen molar-refractivity contribution in [2.24, 2.45) is 0 Å². The van der Waals surface area contributed by atoms with Gasteiger partial charge >= 0.3 is 6.18 Å². The van der Waals surface area contributed by atoms with Crippen LogP contribution in [0.25, 0.3) is 0 Å². The number of para-hydroxylation sites is 1. The zero-order valence-electron chi connectivity index (χ0n) is 15.6. The van der Waals surface area contributed by atoms with Gasteiger partial charge in [-0.05, 0) is 29.7 Å². The average molecular weight is 391 g/mol. The minimum absolute atomic E-state index is 0.0852. The average Bonchev–Trinajstić information content (AvgIpc) is 2.67. The molecule has 1 amide bonds. The van der Waals surface area contributed by atoms with E-state index in [0.29, 0.717) is 56.8 Å². The lowest BCUT2D eigenvalue weighted by atomic mass is 10.1. The zero-order chi connectivity index (χ0) is 20.1. The normalized spacial score (nSPS) is 15.6. The van der Waals surface area contributed by atoms with E-state index in [1.54, 1.807) is 6.07 Å². The van der Waals surface area contributed by atoms with E-state index in [1.165, 1.54) is 12.1 Å². The van der Waals surface area contributed by atoms with Crippen LogP contribution in [-0.2, 0) is 23.9 Å². The maximum absolute atomic E-state index is 12.8. The van der Waals surface area contributed by atoms with Crippen molar-refractivity contribution in [3.63, 3.8) is 0 Å². The minimum Gasteiger partial charge on any atom is -0.399 e. The number of hydrogen-bond donors (Lipinski definition) is 1. The Morgan fingerprint density at radius 3 is 2.39 bits per heavy atom. The molecular formula is C21H24F3N3O. The van der Waals surface area contributed by atoms with Gasteiger partial charge in [-0.1, -0.05) is 36.4 Å². The Morgan fingerprint density at radius 2 is 1.71 bits per heavy atom. The molecule has 0 aliphatic carbocycles. The third-order valence-corrected chi connectivity index (χ3v) is 5.05. The first-order valence-corrected chi connectivity index (χ1v) is 9.32. The predicted octanol–water partition coefficient (Wildman–Crippen LogP) is 3.56. The quantitative estimate of drug-likeness (QED) is 0.793. The van der Waals surface area contributed by atoms with E-state index in [-0.39, 0.29) is 5.91 Å². The predicted molar refractivity (Wildman–Crippen MR) is 102 cm³/mol. The fraction of sp³-hybridized carbons (Fsp3) is 0.381. The van der Waals surface area contributed by atoms with Gasteiger partial charge in [-0.25, -0.2) is 0 Å². The number of hydrogen-bond acceptors (Lipinski definition) is 3. The lowest BCUT2D eigenvalue weighted by molar-refractivity contribution is -0.137. The molecule has 3 rings (SSSR count). The van der Waals surface area contributed by atoms with Gasteiger partial charge < -0.3 is 10.6 Å². The Morgan fingerprint density at radius 1 is 1.00 bits per heavy atom. The van der Waals surface area contributed by atoms with Gasteiger partial charge in [-0.3, -0.25) is 9.69 Å². The van der Waals surface area contributed by atoms with E-state index in [9.17, 15) is 18.0 Å². The largest absolute Gasteiger partial charge is 0.416 e. The molecule has 1 aliphatic heterocycles. The Balaban J connectivity index is 1.48. The molecule has 0 spiro atoms. The molecule has 0 radical (unpaired) electrons. The standard InChI is InChI=1S/C21H24F3N3O/c22-21(23,24)18-6-3-4-16(14-18)15-26-10-12-27(13-11-26)20(28)9-8-17-5-1-2-7-19(17)25/h1-7,14H,8-13,15,25H2. The van der Waals surface area contributed by atoms with E-state index in [1.807, 2.05) is 29.2 Å². The van der Waals surface area contributed by atoms with Crippen molar-refractivity contribution < 1.29 is 18.0 Å². The van der Waals surface area contributed by atoms with Gasteiger partial charge in [0.2, 0.25) is 5.91 Å². The SMILES string of the molecule is Nc1ccccc1CCC(=O)N1CCN(Cc2cccc(C(F)(F)F)c2)CC1. The first kappa shape index (κ1) is 20.2. The second kappa shape index (κ2) is 8.65. The van der Waals surface area contributed by atoms with Gasteiger partial charge in [0.15, 0.2) is 0 Å².